The Balaban J connectivity index is 1.98. The van der Waals surface area contributed by atoms with Gasteiger partial charge in [-0.2, -0.15) is 0 Å². The Hall–Kier alpha value is -3.15. The van der Waals surface area contributed by atoms with Gasteiger partial charge in [-0.05, 0) is 49.1 Å². The number of methoxy groups -OCH3 is 1. The summed E-state index contributed by atoms with van der Waals surface area (Å²) in [5.41, 5.74) is 5.61. The van der Waals surface area contributed by atoms with Crippen molar-refractivity contribution in [2.24, 2.45) is 5.92 Å². The van der Waals surface area contributed by atoms with Gasteiger partial charge < -0.3 is 13.9 Å². The number of carbonyl (C=O) groups excluding carboxylic acids is 1. The molecule has 0 amide bonds. The van der Waals surface area contributed by atoms with Crippen LogP contribution in [0.2, 0.25) is 0 Å². The van der Waals surface area contributed by atoms with Crippen LogP contribution in [0, 0.1) is 5.92 Å². The summed E-state index contributed by atoms with van der Waals surface area (Å²) in [4.78, 5) is 22.2. The number of hydrogen-bond donors (Lipinski definition) is 0. The normalized spacial score (nSPS) is 11.7. The fraction of sp³-hybridized carbons (Fsp3) is 0.444. The molecule has 0 radical (unpaired) electrons. The minimum Gasteiger partial charge on any atom is -0.465 e. The van der Waals surface area contributed by atoms with Crippen molar-refractivity contribution in [1.82, 2.24) is 19.1 Å². The van der Waals surface area contributed by atoms with Gasteiger partial charge in [0, 0.05) is 25.1 Å². The number of fused-ring (bicyclic) bond motifs is 2. The number of esters is 1. The first-order valence-corrected chi connectivity index (χ1v) is 12.1. The number of carbonyl (C=O) groups is 1. The lowest BCUT2D eigenvalue weighted by atomic mass is 10.1. The predicted molar refractivity (Wildman–Crippen MR) is 134 cm³/mol. The molecule has 2 aromatic heterocycles. The molecule has 0 unspecified atom stereocenters. The molecule has 2 heterocycles. The van der Waals surface area contributed by atoms with Crippen LogP contribution in [0.25, 0.3) is 33.5 Å². The summed E-state index contributed by atoms with van der Waals surface area (Å²) >= 11 is 0. The zero-order chi connectivity index (χ0) is 23.5. The second-order valence-corrected chi connectivity index (χ2v) is 9.09. The Morgan fingerprint density at radius 3 is 2.55 bits per heavy atom. The minimum atomic E-state index is -0.346. The second kappa shape index (κ2) is 9.77. The molecule has 33 heavy (non-hydrogen) atoms. The lowest BCUT2D eigenvalue weighted by Gasteiger charge is -2.14. The summed E-state index contributed by atoms with van der Waals surface area (Å²) in [6.45, 7) is 10.6. The average molecular weight is 447 g/mol. The van der Waals surface area contributed by atoms with E-state index < -0.39 is 0 Å². The third-order valence-corrected chi connectivity index (χ3v) is 6.01. The van der Waals surface area contributed by atoms with Gasteiger partial charge in [0.25, 0.3) is 0 Å². The van der Waals surface area contributed by atoms with Crippen molar-refractivity contribution in [3.8, 4) is 11.4 Å². The maximum atomic E-state index is 12.1. The first-order chi connectivity index (χ1) is 16.0. The molecule has 0 fully saturated rings. The molecule has 0 saturated heterocycles. The maximum Gasteiger partial charge on any atom is 0.337 e. The zero-order valence-corrected chi connectivity index (χ0v) is 20.4. The van der Waals surface area contributed by atoms with Crippen LogP contribution < -0.4 is 0 Å². The predicted octanol–water partition coefficient (Wildman–Crippen LogP) is 6.25. The van der Waals surface area contributed by atoms with Gasteiger partial charge >= 0.3 is 5.97 Å². The molecule has 2 aromatic carbocycles. The summed E-state index contributed by atoms with van der Waals surface area (Å²) < 4.78 is 9.61. The molecule has 4 rings (SSSR count). The number of nitrogens with zero attached hydrogens (tertiary/aromatic N) is 4. The molecule has 0 atom stereocenters. The Morgan fingerprint density at radius 1 is 1.03 bits per heavy atom. The van der Waals surface area contributed by atoms with Crippen molar-refractivity contribution < 1.29 is 9.53 Å². The van der Waals surface area contributed by atoms with E-state index in [1.807, 2.05) is 18.2 Å². The Bertz CT molecular complexity index is 1280. The lowest BCUT2D eigenvalue weighted by molar-refractivity contribution is 0.0601. The van der Waals surface area contributed by atoms with Gasteiger partial charge in [0.2, 0.25) is 0 Å². The number of ether oxygens (including phenoxy) is 1. The molecule has 6 nitrogen and oxygen atoms in total. The molecular weight excluding hydrogens is 412 g/mol. The summed E-state index contributed by atoms with van der Waals surface area (Å²) in [6, 6.07) is 12.0. The molecule has 0 N–H and O–H groups in total. The monoisotopic (exact) mass is 446 g/mol. The van der Waals surface area contributed by atoms with Crippen molar-refractivity contribution >= 4 is 28.0 Å². The summed E-state index contributed by atoms with van der Waals surface area (Å²) in [7, 11) is 1.40. The number of rotatable bonds is 9. The lowest BCUT2D eigenvalue weighted by Crippen LogP contribution is -2.08. The molecule has 0 aliphatic carbocycles. The third-order valence-electron chi connectivity index (χ3n) is 6.01. The fourth-order valence-electron chi connectivity index (χ4n) is 4.52. The molecule has 0 spiro atoms. The first-order valence-electron chi connectivity index (χ1n) is 12.1. The number of aromatic nitrogens is 4. The molecule has 0 aliphatic rings. The Labute approximate surface area is 195 Å². The van der Waals surface area contributed by atoms with E-state index in [-0.39, 0.29) is 5.97 Å². The highest BCUT2D eigenvalue weighted by Gasteiger charge is 2.21. The van der Waals surface area contributed by atoms with E-state index in [2.05, 4.69) is 55.0 Å². The summed E-state index contributed by atoms with van der Waals surface area (Å²) in [5.74, 6) is 2.17. The number of imidazole rings is 2. The van der Waals surface area contributed by atoms with Crippen molar-refractivity contribution in [1.29, 1.82) is 0 Å². The van der Waals surface area contributed by atoms with Gasteiger partial charge in [-0.15, -0.1) is 0 Å². The second-order valence-electron chi connectivity index (χ2n) is 9.09. The number of benzene rings is 2. The van der Waals surface area contributed by atoms with Crippen LogP contribution in [0.4, 0.5) is 0 Å². The Kier molecular flexibility index (Phi) is 6.82. The van der Waals surface area contributed by atoms with Gasteiger partial charge in [-0.3, -0.25) is 0 Å². The van der Waals surface area contributed by atoms with E-state index in [4.69, 9.17) is 14.7 Å². The first kappa shape index (κ1) is 23.0. The largest absolute Gasteiger partial charge is 0.465 e. The smallest absolute Gasteiger partial charge is 0.337 e. The molecule has 0 bridgehead atoms. The van der Waals surface area contributed by atoms with E-state index in [1.165, 1.54) is 7.11 Å². The number of aryl methyl sites for hydroxylation is 2. The SMILES string of the molecule is CCCCn1c(CCC)nc2cccc(-c3nc4cc(C(=O)OC)ccc4n3CC(C)C)c21. The van der Waals surface area contributed by atoms with E-state index in [0.717, 1.165) is 78.1 Å². The highest BCUT2D eigenvalue weighted by Crippen LogP contribution is 2.33. The van der Waals surface area contributed by atoms with Gasteiger partial charge in [-0.25, -0.2) is 14.8 Å². The topological polar surface area (TPSA) is 61.9 Å². The average Bonchev–Trinajstić information content (AvgIpc) is 3.34. The zero-order valence-electron chi connectivity index (χ0n) is 20.4. The van der Waals surface area contributed by atoms with Crippen molar-refractivity contribution in [2.45, 2.75) is 66.5 Å². The molecule has 4 aromatic rings. The minimum absolute atomic E-state index is 0.346. The molecule has 0 aliphatic heterocycles. The van der Waals surface area contributed by atoms with Crippen LogP contribution in [0.5, 0.6) is 0 Å². The van der Waals surface area contributed by atoms with Crippen LogP contribution in [0.1, 0.15) is 63.1 Å². The standard InChI is InChI=1S/C27H34N4O2/c1-6-8-15-30-24(10-7-2)28-21-12-9-11-20(25(21)30)26-29-22-16-19(27(32)33-5)13-14-23(22)31(26)17-18(3)4/h9,11-14,16,18H,6-8,10,15,17H2,1-5H3. The molecule has 6 heteroatoms. The van der Waals surface area contributed by atoms with Crippen LogP contribution in [-0.4, -0.2) is 32.2 Å². The summed E-state index contributed by atoms with van der Waals surface area (Å²) in [6.07, 6.45) is 4.27. The highest BCUT2D eigenvalue weighted by molar-refractivity contribution is 5.96. The summed E-state index contributed by atoms with van der Waals surface area (Å²) in [5, 5.41) is 0. The van der Waals surface area contributed by atoms with Gasteiger partial charge in [0.15, 0.2) is 0 Å². The highest BCUT2D eigenvalue weighted by atomic mass is 16.5. The Morgan fingerprint density at radius 2 is 1.85 bits per heavy atom. The quantitative estimate of drug-likeness (QED) is 0.285. The van der Waals surface area contributed by atoms with E-state index >= 15 is 0 Å². The van der Waals surface area contributed by atoms with Crippen LogP contribution in [0.15, 0.2) is 36.4 Å². The third kappa shape index (κ3) is 4.39. The van der Waals surface area contributed by atoms with Crippen molar-refractivity contribution in [3.63, 3.8) is 0 Å². The van der Waals surface area contributed by atoms with Crippen LogP contribution in [0.3, 0.4) is 0 Å². The van der Waals surface area contributed by atoms with Crippen molar-refractivity contribution in [2.75, 3.05) is 7.11 Å². The van der Waals surface area contributed by atoms with Gasteiger partial charge in [-0.1, -0.05) is 40.2 Å². The molecule has 174 valence electrons. The number of hydrogen-bond acceptors (Lipinski definition) is 4. The fourth-order valence-corrected chi connectivity index (χ4v) is 4.52. The van der Waals surface area contributed by atoms with Crippen LogP contribution in [-0.2, 0) is 24.2 Å². The molecule has 0 saturated carbocycles. The van der Waals surface area contributed by atoms with E-state index in [0.29, 0.717) is 11.5 Å². The molecular formula is C27H34N4O2. The van der Waals surface area contributed by atoms with E-state index in [1.54, 1.807) is 0 Å². The van der Waals surface area contributed by atoms with E-state index in [9.17, 15) is 4.79 Å². The van der Waals surface area contributed by atoms with Gasteiger partial charge in [0.05, 0.1) is 34.7 Å². The number of unbranched alkanes of at least 4 members (excludes halogenated alkanes) is 1. The number of para-hydroxylation sites is 1. The maximum absolute atomic E-state index is 12.1. The van der Waals surface area contributed by atoms with Crippen molar-refractivity contribution in [3.05, 3.63) is 47.8 Å². The van der Waals surface area contributed by atoms with Crippen LogP contribution >= 0.6 is 0 Å². The van der Waals surface area contributed by atoms with Gasteiger partial charge in [0.1, 0.15) is 11.6 Å².